The molecule has 0 aromatic heterocycles. The zero-order chi connectivity index (χ0) is 19.6. The summed E-state index contributed by atoms with van der Waals surface area (Å²) < 4.78 is 18.2. The van der Waals surface area contributed by atoms with E-state index >= 15 is 0 Å². The normalized spacial score (nSPS) is 29.9. The van der Waals surface area contributed by atoms with E-state index in [-0.39, 0.29) is 11.6 Å². The number of hydrogen-bond acceptors (Lipinski definition) is 5. The van der Waals surface area contributed by atoms with Gasteiger partial charge in [-0.05, 0) is 30.6 Å². The first-order valence-corrected chi connectivity index (χ1v) is 12.2. The number of hydrogen-bond donors (Lipinski definition) is 2. The van der Waals surface area contributed by atoms with Crippen LogP contribution < -0.4 is 0 Å². The minimum Gasteiger partial charge on any atom is -0.414 e. The Morgan fingerprint density at radius 1 is 1.19 bits per heavy atom. The van der Waals surface area contributed by atoms with Gasteiger partial charge >= 0.3 is 0 Å². The van der Waals surface area contributed by atoms with Gasteiger partial charge in [0.05, 0.1) is 31.8 Å². The summed E-state index contributed by atoms with van der Waals surface area (Å²) >= 11 is 0. The van der Waals surface area contributed by atoms with E-state index in [0.29, 0.717) is 13.2 Å². The van der Waals surface area contributed by atoms with Crippen molar-refractivity contribution < 1.29 is 24.1 Å². The number of rotatable bonds is 7. The lowest BCUT2D eigenvalue weighted by molar-refractivity contribution is -0.206. The highest BCUT2D eigenvalue weighted by atomic mass is 28.4. The summed E-state index contributed by atoms with van der Waals surface area (Å²) in [4.78, 5) is 0. The van der Waals surface area contributed by atoms with E-state index in [1.165, 1.54) is 0 Å². The van der Waals surface area contributed by atoms with E-state index in [2.05, 4.69) is 33.9 Å². The molecule has 1 aromatic rings. The second-order valence-electron chi connectivity index (χ2n) is 8.83. The van der Waals surface area contributed by atoms with Crippen LogP contribution in [0, 0.1) is 5.92 Å². The highest BCUT2D eigenvalue weighted by Crippen LogP contribution is 2.40. The molecule has 1 fully saturated rings. The lowest BCUT2D eigenvalue weighted by Gasteiger charge is -2.37. The van der Waals surface area contributed by atoms with Gasteiger partial charge in [0, 0.05) is 0 Å². The molecule has 2 N–H and O–H groups in total. The molecule has 0 spiro atoms. The molecule has 26 heavy (non-hydrogen) atoms. The molecular weight excluding hydrogens is 348 g/mol. The number of aliphatic hydroxyl groups is 2. The van der Waals surface area contributed by atoms with E-state index < -0.39 is 32.2 Å². The maximum Gasteiger partial charge on any atom is 0.192 e. The first-order chi connectivity index (χ1) is 12.0. The molecular formula is C20H34O5Si. The second kappa shape index (κ2) is 8.08. The van der Waals surface area contributed by atoms with Gasteiger partial charge in [0.15, 0.2) is 14.1 Å². The Kier molecular flexibility index (Phi) is 6.70. The molecule has 1 aliphatic heterocycles. The Balaban J connectivity index is 2.09. The Morgan fingerprint density at radius 3 is 2.35 bits per heavy atom. The first kappa shape index (κ1) is 21.5. The fourth-order valence-corrected chi connectivity index (χ4v) is 3.94. The molecule has 1 aromatic carbocycles. The number of ether oxygens (including phenoxy) is 2. The van der Waals surface area contributed by atoms with Gasteiger partial charge in [-0.1, -0.05) is 51.1 Å². The molecule has 0 radical (unpaired) electrons. The van der Waals surface area contributed by atoms with Gasteiger partial charge in [0.1, 0.15) is 6.10 Å². The van der Waals surface area contributed by atoms with Crippen LogP contribution in [0.4, 0.5) is 0 Å². The van der Waals surface area contributed by atoms with Crippen LogP contribution in [0.3, 0.4) is 0 Å². The van der Waals surface area contributed by atoms with Crippen molar-refractivity contribution in [2.24, 2.45) is 5.92 Å². The maximum atomic E-state index is 10.6. The van der Waals surface area contributed by atoms with E-state index in [4.69, 9.17) is 13.9 Å². The van der Waals surface area contributed by atoms with Crippen LogP contribution in [0.1, 0.15) is 33.3 Å². The summed E-state index contributed by atoms with van der Waals surface area (Å²) in [5.74, 6) is -1.95. The summed E-state index contributed by atoms with van der Waals surface area (Å²) in [5, 5.41) is 20.5. The lowest BCUT2D eigenvalue weighted by Crippen LogP contribution is -2.44. The summed E-state index contributed by atoms with van der Waals surface area (Å²) in [5.41, 5.74) is 1.04. The van der Waals surface area contributed by atoms with Crippen molar-refractivity contribution in [1.82, 2.24) is 0 Å². The molecule has 1 heterocycles. The molecule has 4 atom stereocenters. The van der Waals surface area contributed by atoms with Crippen molar-refractivity contribution in [1.29, 1.82) is 0 Å². The Labute approximate surface area is 158 Å². The first-order valence-electron chi connectivity index (χ1n) is 9.28. The molecule has 1 aliphatic rings. The van der Waals surface area contributed by atoms with Crippen molar-refractivity contribution in [2.45, 2.75) is 70.4 Å². The average Bonchev–Trinajstić information content (AvgIpc) is 2.80. The van der Waals surface area contributed by atoms with Crippen LogP contribution >= 0.6 is 0 Å². The summed E-state index contributed by atoms with van der Waals surface area (Å²) in [6.07, 6.45) is -0.847. The van der Waals surface area contributed by atoms with Crippen LogP contribution in [0.2, 0.25) is 18.1 Å². The summed E-state index contributed by atoms with van der Waals surface area (Å²) in [6, 6.07) is 9.86. The SMILES string of the molecule is CC(C)(C)[Si](C)(C)OC[C@H]1O[C@](C)(O)[C@@H](CO)[C@@H]1OCc1ccccc1. The molecule has 2 rings (SSSR count). The molecule has 0 amide bonds. The fraction of sp³-hybridized carbons (Fsp3) is 0.700. The molecule has 0 bridgehead atoms. The number of benzene rings is 1. The van der Waals surface area contributed by atoms with Gasteiger partial charge in [0.2, 0.25) is 0 Å². The monoisotopic (exact) mass is 382 g/mol. The van der Waals surface area contributed by atoms with Gasteiger partial charge in [-0.2, -0.15) is 0 Å². The average molecular weight is 383 g/mol. The predicted octanol–water partition coefficient (Wildman–Crippen LogP) is 3.31. The third-order valence-corrected chi connectivity index (χ3v) is 10.2. The van der Waals surface area contributed by atoms with Gasteiger partial charge in [-0.3, -0.25) is 0 Å². The van der Waals surface area contributed by atoms with Crippen LogP contribution in [0.5, 0.6) is 0 Å². The Hall–Kier alpha value is -0.763. The Morgan fingerprint density at radius 2 is 1.81 bits per heavy atom. The largest absolute Gasteiger partial charge is 0.414 e. The predicted molar refractivity (Wildman–Crippen MR) is 104 cm³/mol. The molecule has 6 heteroatoms. The zero-order valence-corrected chi connectivity index (χ0v) is 17.9. The van der Waals surface area contributed by atoms with Crippen molar-refractivity contribution in [2.75, 3.05) is 13.2 Å². The van der Waals surface area contributed by atoms with Gasteiger partial charge in [-0.25, -0.2) is 0 Å². The third-order valence-electron chi connectivity index (χ3n) is 5.74. The van der Waals surface area contributed by atoms with E-state index in [0.717, 1.165) is 5.56 Å². The van der Waals surface area contributed by atoms with Crippen LogP contribution in [0.15, 0.2) is 30.3 Å². The van der Waals surface area contributed by atoms with E-state index in [1.54, 1.807) is 6.92 Å². The second-order valence-corrected chi connectivity index (χ2v) is 13.6. The summed E-state index contributed by atoms with van der Waals surface area (Å²) in [6.45, 7) is 13.1. The van der Waals surface area contributed by atoms with Gasteiger partial charge < -0.3 is 24.1 Å². The molecule has 0 saturated carbocycles. The van der Waals surface area contributed by atoms with Crippen LogP contribution in [0.25, 0.3) is 0 Å². The smallest absolute Gasteiger partial charge is 0.192 e. The molecule has 0 unspecified atom stereocenters. The minimum absolute atomic E-state index is 0.0882. The lowest BCUT2D eigenvalue weighted by atomic mass is 9.95. The molecule has 148 valence electrons. The maximum absolute atomic E-state index is 10.6. The minimum atomic E-state index is -1.95. The Bertz CT molecular complexity index is 567. The summed E-state index contributed by atoms with van der Waals surface area (Å²) in [7, 11) is -1.95. The zero-order valence-electron chi connectivity index (χ0n) is 16.9. The van der Waals surface area contributed by atoms with Crippen molar-refractivity contribution >= 4 is 8.32 Å². The van der Waals surface area contributed by atoms with Crippen molar-refractivity contribution in [3.8, 4) is 0 Å². The molecule has 1 saturated heterocycles. The highest BCUT2D eigenvalue weighted by Gasteiger charge is 2.52. The van der Waals surface area contributed by atoms with Gasteiger partial charge in [-0.15, -0.1) is 0 Å². The quantitative estimate of drug-likeness (QED) is 0.708. The van der Waals surface area contributed by atoms with Crippen LogP contribution in [-0.2, 0) is 20.5 Å². The fourth-order valence-electron chi connectivity index (χ4n) is 2.92. The van der Waals surface area contributed by atoms with Crippen LogP contribution in [-0.4, -0.2) is 49.7 Å². The molecule has 5 nitrogen and oxygen atoms in total. The third kappa shape index (κ3) is 4.94. The number of aliphatic hydroxyl groups excluding tert-OH is 1. The van der Waals surface area contributed by atoms with Gasteiger partial charge in [0.25, 0.3) is 0 Å². The van der Waals surface area contributed by atoms with Crippen molar-refractivity contribution in [3.63, 3.8) is 0 Å². The highest BCUT2D eigenvalue weighted by molar-refractivity contribution is 6.74. The topological polar surface area (TPSA) is 68.2 Å². The molecule has 0 aliphatic carbocycles. The van der Waals surface area contributed by atoms with Crippen molar-refractivity contribution in [3.05, 3.63) is 35.9 Å². The van der Waals surface area contributed by atoms with E-state index in [9.17, 15) is 10.2 Å². The van der Waals surface area contributed by atoms with E-state index in [1.807, 2.05) is 30.3 Å². The standard InChI is InChI=1S/C20H34O5Si/c1-19(2,3)26(5,6)24-14-17-18(16(12-21)20(4,22)25-17)23-13-15-10-8-7-9-11-15/h7-11,16-18,21-22H,12-14H2,1-6H3/t16-,17+,18-,20-/m0/s1.